The molecule has 2 fully saturated rings. The molecule has 0 bridgehead atoms. The topological polar surface area (TPSA) is 66.5 Å². The Balaban J connectivity index is 1.51. The van der Waals surface area contributed by atoms with E-state index in [4.69, 9.17) is 11.6 Å². The maximum Gasteiger partial charge on any atom is 0.229 e. The molecule has 5 nitrogen and oxygen atoms in total. The first-order valence-corrected chi connectivity index (χ1v) is 10.4. The summed E-state index contributed by atoms with van der Waals surface area (Å²) in [7, 11) is 0. The summed E-state index contributed by atoms with van der Waals surface area (Å²) in [4.78, 5) is 40.1. The van der Waals surface area contributed by atoms with Gasteiger partial charge in [0.2, 0.25) is 11.8 Å². The normalized spacial score (nSPS) is 19.6. The van der Waals surface area contributed by atoms with Gasteiger partial charge in [-0.2, -0.15) is 0 Å². The van der Waals surface area contributed by atoms with Gasteiger partial charge in [0.05, 0.1) is 11.6 Å². The Hall–Kier alpha value is -2.66. The lowest BCUT2D eigenvalue weighted by atomic mass is 10.0. The second-order valence-electron chi connectivity index (χ2n) is 7.76. The van der Waals surface area contributed by atoms with E-state index >= 15 is 0 Å². The molecular weight excluding hydrogens is 388 g/mol. The molecule has 2 aromatic rings. The molecule has 1 N–H and O–H groups in total. The van der Waals surface area contributed by atoms with Crippen LogP contribution in [0, 0.1) is 5.92 Å². The summed E-state index contributed by atoms with van der Waals surface area (Å²) < 4.78 is 0. The Bertz CT molecular complexity index is 938. The zero-order chi connectivity index (χ0) is 20.4. The molecule has 150 valence electrons. The minimum absolute atomic E-state index is 0.0498. The van der Waals surface area contributed by atoms with Crippen molar-refractivity contribution in [2.45, 2.75) is 38.1 Å². The number of rotatable bonds is 5. The number of anilines is 1. The van der Waals surface area contributed by atoms with Crippen molar-refractivity contribution in [3.8, 4) is 0 Å². The summed E-state index contributed by atoms with van der Waals surface area (Å²) in [6.45, 7) is 0.449. The number of likely N-dealkylation sites (tertiary alicyclic amines) is 1. The highest BCUT2D eigenvalue weighted by Crippen LogP contribution is 2.31. The van der Waals surface area contributed by atoms with Crippen LogP contribution in [0.2, 0.25) is 5.02 Å². The summed E-state index contributed by atoms with van der Waals surface area (Å²) in [6.07, 6.45) is 4.54. The number of halogens is 1. The number of carbonyl (C=O) groups excluding carboxylic acids is 3. The van der Waals surface area contributed by atoms with E-state index in [0.29, 0.717) is 28.4 Å². The Labute approximate surface area is 175 Å². The molecule has 2 aromatic carbocycles. The van der Waals surface area contributed by atoms with Gasteiger partial charge in [0.1, 0.15) is 0 Å². The highest BCUT2D eigenvalue weighted by molar-refractivity contribution is 6.31. The minimum Gasteiger partial charge on any atom is -0.339 e. The van der Waals surface area contributed by atoms with Crippen LogP contribution < -0.4 is 5.32 Å². The number of amides is 2. The highest BCUT2D eigenvalue weighted by atomic mass is 35.5. The van der Waals surface area contributed by atoms with Crippen LogP contribution in [-0.2, 0) is 9.59 Å². The van der Waals surface area contributed by atoms with Crippen LogP contribution in [-0.4, -0.2) is 35.1 Å². The van der Waals surface area contributed by atoms with E-state index in [2.05, 4.69) is 5.32 Å². The van der Waals surface area contributed by atoms with E-state index < -0.39 is 5.92 Å². The first kappa shape index (κ1) is 19.6. The number of hydrogen-bond acceptors (Lipinski definition) is 3. The molecule has 1 atom stereocenters. The zero-order valence-electron chi connectivity index (χ0n) is 16.1. The lowest BCUT2D eigenvalue weighted by Crippen LogP contribution is -2.35. The lowest BCUT2D eigenvalue weighted by Gasteiger charge is -2.24. The van der Waals surface area contributed by atoms with Crippen molar-refractivity contribution in [3.05, 3.63) is 64.7 Å². The van der Waals surface area contributed by atoms with E-state index in [1.54, 1.807) is 42.5 Å². The number of hydrogen-bond donors (Lipinski definition) is 1. The molecule has 1 heterocycles. The molecule has 4 rings (SSSR count). The lowest BCUT2D eigenvalue weighted by molar-refractivity contribution is -0.129. The van der Waals surface area contributed by atoms with Gasteiger partial charge in [-0.3, -0.25) is 14.4 Å². The number of nitrogens with one attached hydrogen (secondary N) is 1. The molecule has 0 radical (unpaired) electrons. The molecule has 1 unspecified atom stereocenters. The van der Waals surface area contributed by atoms with E-state index in [1.807, 2.05) is 11.0 Å². The maximum atomic E-state index is 12.9. The fraction of sp³-hybridized carbons (Fsp3) is 0.348. The summed E-state index contributed by atoms with van der Waals surface area (Å²) in [5, 5.41) is 3.29. The van der Waals surface area contributed by atoms with Crippen molar-refractivity contribution in [3.63, 3.8) is 0 Å². The van der Waals surface area contributed by atoms with E-state index in [9.17, 15) is 14.4 Å². The summed E-state index contributed by atoms with van der Waals surface area (Å²) >= 11 is 6.11. The average Bonchev–Trinajstić information content (AvgIpc) is 3.39. The van der Waals surface area contributed by atoms with Gasteiger partial charge in [-0.1, -0.05) is 54.8 Å². The van der Waals surface area contributed by atoms with Gasteiger partial charge in [0.25, 0.3) is 0 Å². The molecule has 0 spiro atoms. The van der Waals surface area contributed by atoms with Crippen LogP contribution in [0.5, 0.6) is 0 Å². The molecule has 6 heteroatoms. The fourth-order valence-corrected chi connectivity index (χ4v) is 4.44. The molecule has 2 amide bonds. The van der Waals surface area contributed by atoms with Crippen molar-refractivity contribution in [2.75, 3.05) is 11.9 Å². The fourth-order valence-electron chi connectivity index (χ4n) is 4.27. The second-order valence-corrected chi connectivity index (χ2v) is 8.20. The summed E-state index contributed by atoms with van der Waals surface area (Å²) in [5.74, 6) is -0.797. The van der Waals surface area contributed by atoms with Crippen molar-refractivity contribution in [1.29, 1.82) is 0 Å². The molecule has 1 aliphatic carbocycles. The quantitative estimate of drug-likeness (QED) is 0.747. The Morgan fingerprint density at radius 3 is 2.48 bits per heavy atom. The third kappa shape index (κ3) is 4.20. The Kier molecular flexibility index (Phi) is 5.67. The molecule has 1 saturated carbocycles. The van der Waals surface area contributed by atoms with Crippen molar-refractivity contribution >= 4 is 34.9 Å². The predicted molar refractivity (Wildman–Crippen MR) is 112 cm³/mol. The van der Waals surface area contributed by atoms with E-state index in [1.165, 1.54) is 0 Å². The van der Waals surface area contributed by atoms with E-state index in [-0.39, 0.29) is 30.1 Å². The van der Waals surface area contributed by atoms with Gasteiger partial charge in [-0.25, -0.2) is 0 Å². The van der Waals surface area contributed by atoms with Gasteiger partial charge < -0.3 is 10.2 Å². The molecule has 29 heavy (non-hydrogen) atoms. The van der Waals surface area contributed by atoms with Crippen molar-refractivity contribution in [2.24, 2.45) is 5.92 Å². The monoisotopic (exact) mass is 410 g/mol. The van der Waals surface area contributed by atoms with Crippen LogP contribution >= 0.6 is 11.6 Å². The van der Waals surface area contributed by atoms with Gasteiger partial charge in [0, 0.05) is 35.2 Å². The smallest absolute Gasteiger partial charge is 0.229 e. The highest BCUT2D eigenvalue weighted by Gasteiger charge is 2.38. The van der Waals surface area contributed by atoms with Gasteiger partial charge >= 0.3 is 0 Å². The van der Waals surface area contributed by atoms with Gasteiger partial charge in [-0.15, -0.1) is 0 Å². The summed E-state index contributed by atoms with van der Waals surface area (Å²) in [5.41, 5.74) is 1.28. The summed E-state index contributed by atoms with van der Waals surface area (Å²) in [6, 6.07) is 14.0. The van der Waals surface area contributed by atoms with Gasteiger partial charge in [0.15, 0.2) is 5.78 Å². The number of carbonyl (C=O) groups is 3. The third-order valence-corrected chi connectivity index (χ3v) is 6.05. The second kappa shape index (κ2) is 8.37. The van der Waals surface area contributed by atoms with Crippen LogP contribution in [0.25, 0.3) is 0 Å². The van der Waals surface area contributed by atoms with Gasteiger partial charge in [-0.05, 0) is 31.0 Å². The van der Waals surface area contributed by atoms with Crippen molar-refractivity contribution in [1.82, 2.24) is 4.90 Å². The van der Waals surface area contributed by atoms with E-state index in [0.717, 1.165) is 25.7 Å². The van der Waals surface area contributed by atoms with Crippen LogP contribution in [0.15, 0.2) is 48.5 Å². The number of nitrogens with zero attached hydrogens (tertiary/aromatic N) is 1. The zero-order valence-corrected chi connectivity index (χ0v) is 16.8. The minimum atomic E-state index is -0.404. The third-order valence-electron chi connectivity index (χ3n) is 5.81. The maximum absolute atomic E-state index is 12.9. The van der Waals surface area contributed by atoms with Crippen LogP contribution in [0.4, 0.5) is 5.69 Å². The Morgan fingerprint density at radius 1 is 1.03 bits per heavy atom. The molecule has 1 saturated heterocycles. The first-order chi connectivity index (χ1) is 14.0. The number of ketones is 1. The standard InChI is InChI=1S/C23H23ClN2O3/c24-17-10-11-20(19(13-17)22(28)15-6-2-1-3-7-15)25-23(29)16-12-21(27)26(14-16)18-8-4-5-9-18/h1-3,6-7,10-11,13,16,18H,4-5,8-9,12,14H2,(H,25,29). The first-order valence-electron chi connectivity index (χ1n) is 10.0. The number of benzene rings is 2. The SMILES string of the molecule is O=C(c1ccccc1)c1cc(Cl)ccc1NC(=O)C1CC(=O)N(C2CCCC2)C1. The Morgan fingerprint density at radius 2 is 1.76 bits per heavy atom. The van der Waals surface area contributed by atoms with Crippen LogP contribution in [0.1, 0.15) is 48.0 Å². The average molecular weight is 411 g/mol. The van der Waals surface area contributed by atoms with Crippen LogP contribution in [0.3, 0.4) is 0 Å². The molecule has 1 aliphatic heterocycles. The predicted octanol–water partition coefficient (Wildman–Crippen LogP) is 4.30. The molecular formula is C23H23ClN2O3. The van der Waals surface area contributed by atoms with Crippen molar-refractivity contribution < 1.29 is 14.4 Å². The largest absolute Gasteiger partial charge is 0.339 e. The molecule has 0 aromatic heterocycles. The molecule has 2 aliphatic rings.